The highest BCUT2D eigenvalue weighted by Gasteiger charge is 2.17. The van der Waals surface area contributed by atoms with Crippen LogP contribution in [0, 0.1) is 5.92 Å². The lowest BCUT2D eigenvalue weighted by Crippen LogP contribution is -2.16. The van der Waals surface area contributed by atoms with E-state index in [1.54, 1.807) is 6.20 Å². The first-order chi connectivity index (χ1) is 19.1. The first-order valence-electron chi connectivity index (χ1n) is 13.3. The lowest BCUT2D eigenvalue weighted by Gasteiger charge is -2.13. The fraction of sp³-hybridized carbons (Fsp3) is 0.242. The molecule has 4 rings (SSSR count). The van der Waals surface area contributed by atoms with Crippen molar-refractivity contribution in [1.82, 2.24) is 4.98 Å². The molecule has 6 nitrogen and oxygen atoms in total. The van der Waals surface area contributed by atoms with Crippen molar-refractivity contribution in [2.45, 2.75) is 32.6 Å². The fourth-order valence-corrected chi connectivity index (χ4v) is 4.32. The van der Waals surface area contributed by atoms with Gasteiger partial charge in [-0.25, -0.2) is 0 Å². The van der Waals surface area contributed by atoms with Crippen LogP contribution in [0.25, 0.3) is 11.3 Å². The molecule has 4 aromatic rings. The second-order valence-electron chi connectivity index (χ2n) is 9.41. The lowest BCUT2D eigenvalue weighted by molar-refractivity contribution is -0.142. The number of rotatable bonds is 14. The molecule has 0 fully saturated rings. The summed E-state index contributed by atoms with van der Waals surface area (Å²) in [6.07, 6.45) is 4.67. The van der Waals surface area contributed by atoms with E-state index in [0.717, 1.165) is 40.9 Å². The van der Waals surface area contributed by atoms with E-state index in [1.807, 2.05) is 91.9 Å². The van der Waals surface area contributed by atoms with Crippen LogP contribution in [0.15, 0.2) is 108 Å². The van der Waals surface area contributed by atoms with Gasteiger partial charge in [0.15, 0.2) is 6.61 Å². The smallest absolute Gasteiger partial charge is 0.306 e. The van der Waals surface area contributed by atoms with Crippen molar-refractivity contribution in [2.24, 2.45) is 11.1 Å². The Bertz CT molecular complexity index is 1320. The molecular weight excluding hydrogens is 488 g/mol. The van der Waals surface area contributed by atoms with Crippen molar-refractivity contribution in [3.05, 3.63) is 120 Å². The quantitative estimate of drug-likeness (QED) is 0.111. The van der Waals surface area contributed by atoms with Crippen LogP contribution in [0.2, 0.25) is 0 Å². The lowest BCUT2D eigenvalue weighted by atomic mass is 9.93. The first kappa shape index (κ1) is 27.6. The summed E-state index contributed by atoms with van der Waals surface area (Å²) in [5.74, 6) is -0.439. The first-order valence-corrected chi connectivity index (χ1v) is 13.3. The SMILES string of the molecule is CC(=NOCCOc1ccc(CC(CCCc2ccccc2)C(=O)O)cc1)c1ccc(-c2ccccn2)cc1. The summed E-state index contributed by atoms with van der Waals surface area (Å²) in [4.78, 5) is 21.6. The van der Waals surface area contributed by atoms with Gasteiger partial charge in [-0.1, -0.05) is 78.0 Å². The van der Waals surface area contributed by atoms with E-state index in [-0.39, 0.29) is 0 Å². The molecule has 1 atom stereocenters. The average molecular weight is 523 g/mol. The molecule has 1 N–H and O–H groups in total. The van der Waals surface area contributed by atoms with Crippen LogP contribution in [-0.2, 0) is 22.5 Å². The van der Waals surface area contributed by atoms with Crippen molar-refractivity contribution in [1.29, 1.82) is 0 Å². The predicted octanol–water partition coefficient (Wildman–Crippen LogP) is 6.83. The van der Waals surface area contributed by atoms with Gasteiger partial charge in [0.2, 0.25) is 0 Å². The summed E-state index contributed by atoms with van der Waals surface area (Å²) in [6, 6.07) is 31.7. The molecule has 0 saturated heterocycles. The summed E-state index contributed by atoms with van der Waals surface area (Å²) in [5.41, 5.74) is 5.97. The molecular formula is C33H34N2O4. The van der Waals surface area contributed by atoms with Crippen molar-refractivity contribution >= 4 is 11.7 Å². The number of nitrogens with zero attached hydrogens (tertiary/aromatic N) is 2. The van der Waals surface area contributed by atoms with Gasteiger partial charge in [-0.15, -0.1) is 0 Å². The third-order valence-electron chi connectivity index (χ3n) is 6.52. The topological polar surface area (TPSA) is 81.0 Å². The molecule has 0 bridgehead atoms. The van der Waals surface area contributed by atoms with E-state index in [1.165, 1.54) is 5.56 Å². The Kier molecular flexibility index (Phi) is 10.2. The average Bonchev–Trinajstić information content (AvgIpc) is 2.98. The second kappa shape index (κ2) is 14.5. The van der Waals surface area contributed by atoms with Gasteiger partial charge in [0.1, 0.15) is 12.4 Å². The Labute approximate surface area is 230 Å². The molecule has 200 valence electrons. The van der Waals surface area contributed by atoms with Gasteiger partial charge in [0.25, 0.3) is 0 Å². The van der Waals surface area contributed by atoms with E-state index in [0.29, 0.717) is 31.8 Å². The number of benzene rings is 3. The zero-order chi connectivity index (χ0) is 27.3. The fourth-order valence-electron chi connectivity index (χ4n) is 4.32. The number of carboxylic acids is 1. The van der Waals surface area contributed by atoms with Gasteiger partial charge < -0.3 is 14.7 Å². The number of hydrogen-bond donors (Lipinski definition) is 1. The summed E-state index contributed by atoms with van der Waals surface area (Å²) in [7, 11) is 0. The molecule has 3 aromatic carbocycles. The molecule has 1 aromatic heterocycles. The normalized spacial score (nSPS) is 12.1. The maximum absolute atomic E-state index is 11.8. The number of ether oxygens (including phenoxy) is 1. The number of hydrogen-bond acceptors (Lipinski definition) is 5. The van der Waals surface area contributed by atoms with Crippen LogP contribution in [-0.4, -0.2) is 35.0 Å². The largest absolute Gasteiger partial charge is 0.490 e. The van der Waals surface area contributed by atoms with Gasteiger partial charge in [-0.05, 0) is 73.6 Å². The minimum atomic E-state index is -0.750. The zero-order valence-electron chi connectivity index (χ0n) is 22.2. The third-order valence-corrected chi connectivity index (χ3v) is 6.52. The van der Waals surface area contributed by atoms with Crippen molar-refractivity contribution in [3.63, 3.8) is 0 Å². The standard InChI is InChI=1S/C33H34N2O4/c1-25(28-15-17-29(18-16-28)32-12-5-6-21-34-32)35-39-23-22-38-31-19-13-27(14-20-31)24-30(33(36)37)11-7-10-26-8-3-2-4-9-26/h2-6,8-9,12-21,30H,7,10-11,22-24H2,1H3,(H,36,37). The number of oxime groups is 1. The Balaban J connectivity index is 1.18. The summed E-state index contributed by atoms with van der Waals surface area (Å²) < 4.78 is 5.76. The molecule has 0 saturated carbocycles. The van der Waals surface area contributed by atoms with Gasteiger partial charge in [0.05, 0.1) is 17.3 Å². The van der Waals surface area contributed by atoms with Gasteiger partial charge in [0, 0.05) is 11.8 Å². The summed E-state index contributed by atoms with van der Waals surface area (Å²) >= 11 is 0. The molecule has 0 aliphatic carbocycles. The number of aryl methyl sites for hydroxylation is 1. The number of carbonyl (C=O) groups is 1. The number of aliphatic carboxylic acids is 1. The van der Waals surface area contributed by atoms with Crippen molar-refractivity contribution in [2.75, 3.05) is 13.2 Å². The van der Waals surface area contributed by atoms with Gasteiger partial charge >= 0.3 is 5.97 Å². The van der Waals surface area contributed by atoms with Crippen LogP contribution in [0.4, 0.5) is 0 Å². The summed E-state index contributed by atoms with van der Waals surface area (Å²) in [6.45, 7) is 2.57. The predicted molar refractivity (Wildman–Crippen MR) is 154 cm³/mol. The van der Waals surface area contributed by atoms with Crippen LogP contribution >= 0.6 is 0 Å². The minimum absolute atomic E-state index is 0.313. The zero-order valence-corrected chi connectivity index (χ0v) is 22.2. The summed E-state index contributed by atoms with van der Waals surface area (Å²) in [5, 5.41) is 13.9. The molecule has 6 heteroatoms. The highest BCUT2D eigenvalue weighted by molar-refractivity contribution is 5.98. The molecule has 1 unspecified atom stereocenters. The van der Waals surface area contributed by atoms with E-state index in [9.17, 15) is 9.90 Å². The van der Waals surface area contributed by atoms with E-state index in [2.05, 4.69) is 22.3 Å². The second-order valence-corrected chi connectivity index (χ2v) is 9.41. The third kappa shape index (κ3) is 8.82. The Morgan fingerprint density at radius 3 is 2.31 bits per heavy atom. The van der Waals surface area contributed by atoms with Crippen LogP contribution in [0.5, 0.6) is 5.75 Å². The molecule has 1 heterocycles. The van der Waals surface area contributed by atoms with Gasteiger partial charge in [-0.3, -0.25) is 9.78 Å². The molecule has 0 amide bonds. The maximum Gasteiger partial charge on any atom is 0.306 e. The van der Waals surface area contributed by atoms with Gasteiger partial charge in [-0.2, -0.15) is 0 Å². The van der Waals surface area contributed by atoms with E-state index >= 15 is 0 Å². The number of carboxylic acid groups (broad SMARTS) is 1. The monoisotopic (exact) mass is 522 g/mol. The Morgan fingerprint density at radius 1 is 0.872 bits per heavy atom. The maximum atomic E-state index is 11.8. The Hall–Kier alpha value is -4.45. The van der Waals surface area contributed by atoms with E-state index < -0.39 is 11.9 Å². The van der Waals surface area contributed by atoms with E-state index in [4.69, 9.17) is 9.57 Å². The highest BCUT2D eigenvalue weighted by Crippen LogP contribution is 2.20. The molecule has 0 radical (unpaired) electrons. The molecule has 39 heavy (non-hydrogen) atoms. The van der Waals surface area contributed by atoms with Crippen molar-refractivity contribution < 1.29 is 19.5 Å². The van der Waals surface area contributed by atoms with Crippen LogP contribution < -0.4 is 4.74 Å². The Morgan fingerprint density at radius 2 is 1.62 bits per heavy atom. The van der Waals surface area contributed by atoms with Crippen LogP contribution in [0.3, 0.4) is 0 Å². The molecule has 0 aliphatic rings. The number of aromatic nitrogens is 1. The minimum Gasteiger partial charge on any atom is -0.490 e. The molecule has 0 aliphatic heterocycles. The number of pyridine rings is 1. The molecule has 0 spiro atoms. The van der Waals surface area contributed by atoms with Crippen LogP contribution in [0.1, 0.15) is 36.5 Å². The highest BCUT2D eigenvalue weighted by atomic mass is 16.6. The van der Waals surface area contributed by atoms with Crippen molar-refractivity contribution in [3.8, 4) is 17.0 Å².